The molecule has 2 nitrogen and oxygen atoms in total. The quantitative estimate of drug-likeness (QED) is 0.431. The molecule has 0 aliphatic carbocycles. The van der Waals surface area contributed by atoms with Crippen LogP contribution in [-0.2, 0) is 18.5 Å². The van der Waals surface area contributed by atoms with Crippen molar-refractivity contribution in [2.24, 2.45) is 0 Å². The first kappa shape index (κ1) is 16.2. The number of hydrogen-bond acceptors (Lipinski definition) is 2. The third-order valence-electron chi connectivity index (χ3n) is 2.22. The van der Waals surface area contributed by atoms with Gasteiger partial charge in [0.2, 0.25) is 0 Å². The lowest BCUT2D eigenvalue weighted by Crippen LogP contribution is -2.24. The summed E-state index contributed by atoms with van der Waals surface area (Å²) < 4.78 is 113. The van der Waals surface area contributed by atoms with Crippen LogP contribution >= 0.6 is 0 Å². The molecule has 20 heavy (non-hydrogen) atoms. The number of aromatic hydroxyl groups is 1. The van der Waals surface area contributed by atoms with E-state index in [4.69, 9.17) is 5.11 Å². The average molecular weight is 313 g/mol. The topological polar surface area (TPSA) is 46.2 Å². The van der Waals surface area contributed by atoms with Gasteiger partial charge in [0, 0.05) is 0 Å². The third kappa shape index (κ3) is 2.85. The fraction of sp³-hybridized carbons (Fsp3) is 0.333. The van der Waals surface area contributed by atoms with E-state index in [1.165, 1.54) is 0 Å². The number of nitrogen functional groups attached to an aromatic ring is 1. The summed E-state index contributed by atoms with van der Waals surface area (Å²) in [6.45, 7) is 0. The highest BCUT2D eigenvalue weighted by molar-refractivity contribution is 5.65. The van der Waals surface area contributed by atoms with Crippen LogP contribution in [0.3, 0.4) is 0 Å². The van der Waals surface area contributed by atoms with E-state index in [0.717, 1.165) is 0 Å². The molecule has 0 heterocycles. The normalized spacial score (nSPS) is 13.7. The molecule has 3 N–H and O–H groups in total. The van der Waals surface area contributed by atoms with E-state index in [0.29, 0.717) is 0 Å². The molecule has 1 rings (SSSR count). The number of rotatable bonds is 0. The van der Waals surface area contributed by atoms with Crippen molar-refractivity contribution in [2.75, 3.05) is 5.73 Å². The van der Waals surface area contributed by atoms with Crippen LogP contribution in [0.5, 0.6) is 5.75 Å². The molecule has 0 spiro atoms. The van der Waals surface area contributed by atoms with E-state index in [9.17, 15) is 39.5 Å². The fourth-order valence-electron chi connectivity index (χ4n) is 1.50. The summed E-state index contributed by atoms with van der Waals surface area (Å²) in [6.07, 6.45) is -17.5. The molecular weight excluding hydrogens is 309 g/mol. The lowest BCUT2D eigenvalue weighted by molar-refractivity contribution is -0.174. The van der Waals surface area contributed by atoms with Crippen LogP contribution in [-0.4, -0.2) is 5.11 Å². The van der Waals surface area contributed by atoms with Gasteiger partial charge in [0.15, 0.2) is 0 Å². The van der Waals surface area contributed by atoms with Gasteiger partial charge in [0.1, 0.15) is 5.75 Å². The number of benzene rings is 1. The first-order valence-corrected chi connectivity index (χ1v) is 4.54. The predicted octanol–water partition coefficient (Wildman–Crippen LogP) is 4.03. The smallest absolute Gasteiger partial charge is 0.419 e. The molecule has 0 amide bonds. The standard InChI is InChI=1S/C9H4F9NO/c10-7(11,12)2-1-3(20)6(19)5(9(16,17)18)4(2)8(13,14)15/h1,20H,19H2. The largest absolute Gasteiger partial charge is 0.506 e. The van der Waals surface area contributed by atoms with Crippen molar-refractivity contribution in [3.63, 3.8) is 0 Å². The molecule has 0 aromatic heterocycles. The highest BCUT2D eigenvalue weighted by Gasteiger charge is 2.52. The molecular formula is C9H4F9NO. The highest BCUT2D eigenvalue weighted by atomic mass is 19.4. The first-order valence-electron chi connectivity index (χ1n) is 4.54. The zero-order valence-corrected chi connectivity index (χ0v) is 9.00. The van der Waals surface area contributed by atoms with Crippen LogP contribution in [0.15, 0.2) is 6.07 Å². The minimum Gasteiger partial charge on any atom is -0.506 e. The maximum absolute atomic E-state index is 12.5. The van der Waals surface area contributed by atoms with Crippen molar-refractivity contribution in [1.29, 1.82) is 0 Å². The van der Waals surface area contributed by atoms with Gasteiger partial charge >= 0.3 is 18.5 Å². The van der Waals surface area contributed by atoms with E-state index >= 15 is 0 Å². The van der Waals surface area contributed by atoms with E-state index in [1.807, 2.05) is 0 Å². The van der Waals surface area contributed by atoms with Gasteiger partial charge < -0.3 is 10.8 Å². The second-order valence-electron chi connectivity index (χ2n) is 3.60. The molecule has 0 radical (unpaired) electrons. The molecule has 0 bridgehead atoms. The van der Waals surface area contributed by atoms with Crippen LogP contribution in [0.1, 0.15) is 16.7 Å². The number of nitrogens with two attached hydrogens (primary N) is 1. The molecule has 11 heteroatoms. The molecule has 0 atom stereocenters. The van der Waals surface area contributed by atoms with Gasteiger partial charge in [-0.2, -0.15) is 39.5 Å². The SMILES string of the molecule is Nc1c(O)cc(C(F)(F)F)c(C(F)(F)F)c1C(F)(F)F. The summed E-state index contributed by atoms with van der Waals surface area (Å²) in [5.74, 6) is -1.74. The number of alkyl halides is 9. The van der Waals surface area contributed by atoms with Crippen LogP contribution in [0.25, 0.3) is 0 Å². The van der Waals surface area contributed by atoms with Crippen molar-refractivity contribution in [3.05, 3.63) is 22.8 Å². The van der Waals surface area contributed by atoms with Crippen molar-refractivity contribution in [3.8, 4) is 5.75 Å². The van der Waals surface area contributed by atoms with Gasteiger partial charge in [-0.05, 0) is 6.07 Å². The van der Waals surface area contributed by atoms with E-state index < -0.39 is 52.7 Å². The molecule has 0 saturated heterocycles. The molecule has 0 fully saturated rings. The van der Waals surface area contributed by atoms with Gasteiger partial charge in [0.25, 0.3) is 0 Å². The van der Waals surface area contributed by atoms with E-state index in [2.05, 4.69) is 5.73 Å². The Hall–Kier alpha value is -1.81. The maximum atomic E-state index is 12.5. The second kappa shape index (κ2) is 4.35. The Labute approximate surface area is 104 Å². The summed E-state index contributed by atoms with van der Waals surface area (Å²) in [5, 5.41) is 8.91. The zero-order valence-electron chi connectivity index (χ0n) is 9.00. The minimum absolute atomic E-state index is 0.493. The molecule has 0 unspecified atom stereocenters. The fourth-order valence-corrected chi connectivity index (χ4v) is 1.50. The van der Waals surface area contributed by atoms with Crippen LogP contribution in [0.4, 0.5) is 45.2 Å². The molecule has 1 aromatic rings. The van der Waals surface area contributed by atoms with Crippen LogP contribution in [0.2, 0.25) is 0 Å². The number of halogens is 9. The van der Waals surface area contributed by atoms with Crippen LogP contribution < -0.4 is 5.73 Å². The van der Waals surface area contributed by atoms with Crippen molar-refractivity contribution in [1.82, 2.24) is 0 Å². The number of hydrogen-bond donors (Lipinski definition) is 2. The third-order valence-corrected chi connectivity index (χ3v) is 2.22. The Morgan fingerprint density at radius 2 is 1.15 bits per heavy atom. The molecule has 0 aliphatic heterocycles. The van der Waals surface area contributed by atoms with Gasteiger partial charge in [-0.25, -0.2) is 0 Å². The Morgan fingerprint density at radius 1 is 0.750 bits per heavy atom. The average Bonchev–Trinajstić information content (AvgIpc) is 2.15. The minimum atomic E-state index is -5.96. The summed E-state index contributed by atoms with van der Waals surface area (Å²) in [4.78, 5) is 0. The zero-order chi connectivity index (χ0) is 16.1. The van der Waals surface area contributed by atoms with Crippen molar-refractivity contribution in [2.45, 2.75) is 18.5 Å². The number of phenols is 1. The van der Waals surface area contributed by atoms with Crippen molar-refractivity contribution < 1.29 is 44.6 Å². The molecule has 1 aromatic carbocycles. The van der Waals surface area contributed by atoms with Gasteiger partial charge in [-0.15, -0.1) is 0 Å². The lowest BCUT2D eigenvalue weighted by atomic mass is 9.97. The summed E-state index contributed by atoms with van der Waals surface area (Å²) >= 11 is 0. The summed E-state index contributed by atoms with van der Waals surface area (Å²) in [6, 6.07) is -0.493. The first-order chi connectivity index (χ1) is 8.67. The van der Waals surface area contributed by atoms with Gasteiger partial charge in [0.05, 0.1) is 22.4 Å². The Kier molecular flexibility index (Phi) is 3.53. The molecule has 114 valence electrons. The summed E-state index contributed by atoms with van der Waals surface area (Å²) in [5.41, 5.74) is -5.59. The predicted molar refractivity (Wildman–Crippen MR) is 47.5 cm³/mol. The maximum Gasteiger partial charge on any atom is 0.419 e. The lowest BCUT2D eigenvalue weighted by Gasteiger charge is -2.22. The van der Waals surface area contributed by atoms with Gasteiger partial charge in [-0.3, -0.25) is 0 Å². The monoisotopic (exact) mass is 313 g/mol. The second-order valence-corrected chi connectivity index (χ2v) is 3.60. The Balaban J connectivity index is 3.96. The van der Waals surface area contributed by atoms with Crippen LogP contribution in [0, 0.1) is 0 Å². The van der Waals surface area contributed by atoms with E-state index in [-0.39, 0.29) is 0 Å². The Bertz CT molecular complexity index is 526. The molecule has 0 saturated carbocycles. The molecule has 0 aliphatic rings. The van der Waals surface area contributed by atoms with Gasteiger partial charge in [-0.1, -0.05) is 0 Å². The number of phenolic OH excluding ortho intramolecular Hbond substituents is 1. The number of anilines is 1. The highest BCUT2D eigenvalue weighted by Crippen LogP contribution is 2.51. The van der Waals surface area contributed by atoms with E-state index in [1.54, 1.807) is 0 Å². The summed E-state index contributed by atoms with van der Waals surface area (Å²) in [7, 11) is 0. The Morgan fingerprint density at radius 3 is 1.45 bits per heavy atom. The van der Waals surface area contributed by atoms with Crippen molar-refractivity contribution >= 4 is 5.69 Å².